The Morgan fingerprint density at radius 3 is 2.50 bits per heavy atom. The Hall–Kier alpha value is -1.59. The van der Waals surface area contributed by atoms with Gasteiger partial charge in [0.15, 0.2) is 0 Å². The normalized spacial score (nSPS) is 26.7. The van der Waals surface area contributed by atoms with E-state index >= 15 is 0 Å². The third-order valence-corrected chi connectivity index (χ3v) is 2.86. The molecular weight excluding hydrogens is 234 g/mol. The summed E-state index contributed by atoms with van der Waals surface area (Å²) in [6.45, 7) is 3.31. The minimum Gasteiger partial charge on any atom is -0.508 e. The van der Waals surface area contributed by atoms with Crippen LogP contribution < -0.4 is 5.73 Å². The average molecular weight is 251 g/mol. The Kier molecular flexibility index (Phi) is 3.28. The van der Waals surface area contributed by atoms with Crippen molar-refractivity contribution in [2.45, 2.75) is 32.3 Å². The number of carbonyl (C=O) groups is 1. The Morgan fingerprint density at radius 1 is 1.33 bits per heavy atom. The number of cyclic esters (lactones) is 1. The highest BCUT2D eigenvalue weighted by molar-refractivity contribution is 5.74. The van der Waals surface area contributed by atoms with E-state index in [1.54, 1.807) is 38.1 Å². The molecule has 1 aromatic rings. The Morgan fingerprint density at radius 2 is 1.94 bits per heavy atom. The second-order valence-corrected chi connectivity index (χ2v) is 4.88. The molecule has 1 aliphatic rings. The number of ether oxygens (including phenoxy) is 2. The van der Waals surface area contributed by atoms with Crippen LogP contribution in [0, 0.1) is 5.92 Å². The summed E-state index contributed by atoms with van der Waals surface area (Å²) in [5, 5.41) is 9.19. The third-order valence-electron chi connectivity index (χ3n) is 2.86. The minimum atomic E-state index is -0.970. The van der Waals surface area contributed by atoms with Crippen molar-refractivity contribution in [1.82, 2.24) is 0 Å². The molecule has 2 rings (SSSR count). The maximum Gasteiger partial charge on any atom is 0.315 e. The Labute approximate surface area is 106 Å². The molecule has 3 N–H and O–H groups in total. The average Bonchev–Trinajstić information content (AvgIpc) is 2.24. The van der Waals surface area contributed by atoms with E-state index in [0.717, 1.165) is 5.56 Å². The number of benzene rings is 1. The second-order valence-electron chi connectivity index (χ2n) is 4.88. The lowest BCUT2D eigenvalue weighted by atomic mass is 9.96. The molecule has 0 amide bonds. The van der Waals surface area contributed by atoms with Crippen molar-refractivity contribution in [3.8, 4) is 5.75 Å². The van der Waals surface area contributed by atoms with Gasteiger partial charge in [-0.3, -0.25) is 4.79 Å². The second kappa shape index (κ2) is 4.59. The van der Waals surface area contributed by atoms with Gasteiger partial charge in [-0.25, -0.2) is 0 Å². The molecule has 1 fully saturated rings. The van der Waals surface area contributed by atoms with Crippen LogP contribution in [-0.4, -0.2) is 23.1 Å². The van der Waals surface area contributed by atoms with Crippen LogP contribution in [-0.2, 0) is 20.7 Å². The van der Waals surface area contributed by atoms with E-state index in [1.165, 1.54) is 0 Å². The van der Waals surface area contributed by atoms with Gasteiger partial charge in [-0.15, -0.1) is 0 Å². The van der Waals surface area contributed by atoms with Crippen LogP contribution in [0.15, 0.2) is 24.3 Å². The number of esters is 1. The zero-order valence-corrected chi connectivity index (χ0v) is 10.4. The summed E-state index contributed by atoms with van der Waals surface area (Å²) in [6.07, 6.45) is -0.258. The van der Waals surface area contributed by atoms with Gasteiger partial charge in [0.05, 0.1) is 0 Å². The zero-order valence-electron chi connectivity index (χ0n) is 10.4. The molecule has 1 aliphatic heterocycles. The maximum atomic E-state index is 11.9. The minimum absolute atomic E-state index is 0.187. The third kappa shape index (κ3) is 2.80. The van der Waals surface area contributed by atoms with Crippen molar-refractivity contribution in [1.29, 1.82) is 0 Å². The van der Waals surface area contributed by atoms with Crippen LogP contribution in [0.25, 0.3) is 0 Å². The molecular formula is C13H17NO4. The number of phenolic OH excluding ortho intramolecular Hbond substituents is 1. The van der Waals surface area contributed by atoms with Crippen molar-refractivity contribution >= 4 is 5.97 Å². The fraction of sp³-hybridized carbons (Fsp3) is 0.462. The summed E-state index contributed by atoms with van der Waals surface area (Å²) in [6, 6.07) is 6.63. The summed E-state index contributed by atoms with van der Waals surface area (Å²) in [5.74, 6) is -1.66. The van der Waals surface area contributed by atoms with Crippen molar-refractivity contribution in [2.24, 2.45) is 11.7 Å². The monoisotopic (exact) mass is 251 g/mol. The largest absolute Gasteiger partial charge is 0.508 e. The van der Waals surface area contributed by atoms with E-state index in [4.69, 9.17) is 15.2 Å². The predicted octanol–water partition coefficient (Wildman–Crippen LogP) is 1.15. The van der Waals surface area contributed by atoms with Crippen molar-refractivity contribution in [3.05, 3.63) is 29.8 Å². The summed E-state index contributed by atoms with van der Waals surface area (Å²) in [5.41, 5.74) is 6.75. The molecule has 5 heteroatoms. The van der Waals surface area contributed by atoms with Gasteiger partial charge in [0.25, 0.3) is 0 Å². The highest BCUT2D eigenvalue weighted by Crippen LogP contribution is 2.27. The molecule has 0 aliphatic carbocycles. The van der Waals surface area contributed by atoms with Gasteiger partial charge < -0.3 is 20.3 Å². The van der Waals surface area contributed by atoms with E-state index < -0.39 is 17.9 Å². The molecule has 5 nitrogen and oxygen atoms in total. The van der Waals surface area contributed by atoms with Gasteiger partial charge >= 0.3 is 5.97 Å². The number of phenols is 1. The first kappa shape index (κ1) is 12.9. The van der Waals surface area contributed by atoms with E-state index in [9.17, 15) is 9.90 Å². The smallest absolute Gasteiger partial charge is 0.315 e. The highest BCUT2D eigenvalue weighted by Gasteiger charge is 2.41. The predicted molar refractivity (Wildman–Crippen MR) is 64.5 cm³/mol. The highest BCUT2D eigenvalue weighted by atomic mass is 16.7. The maximum absolute atomic E-state index is 11.9. The molecule has 1 heterocycles. The molecule has 2 unspecified atom stereocenters. The van der Waals surface area contributed by atoms with Gasteiger partial charge in [-0.1, -0.05) is 12.1 Å². The number of carbonyl (C=O) groups excluding carboxylic acids is 1. The summed E-state index contributed by atoms with van der Waals surface area (Å²) < 4.78 is 10.6. The quantitative estimate of drug-likeness (QED) is 0.770. The molecule has 0 spiro atoms. The van der Waals surface area contributed by atoms with Gasteiger partial charge in [0.1, 0.15) is 17.9 Å². The topological polar surface area (TPSA) is 81.8 Å². The molecule has 18 heavy (non-hydrogen) atoms. The standard InChI is InChI=1S/C13H17NO4/c1-13(2)17-11(14)10(12(16)18-13)7-8-3-5-9(15)6-4-8/h3-6,10-11,15H,7,14H2,1-2H3. The van der Waals surface area contributed by atoms with Crippen LogP contribution in [0.5, 0.6) is 5.75 Å². The Balaban J connectivity index is 2.09. The fourth-order valence-electron chi connectivity index (χ4n) is 1.97. The van der Waals surface area contributed by atoms with Crippen molar-refractivity contribution in [3.63, 3.8) is 0 Å². The molecule has 1 saturated heterocycles. The van der Waals surface area contributed by atoms with Crippen molar-refractivity contribution < 1.29 is 19.4 Å². The summed E-state index contributed by atoms with van der Waals surface area (Å²) in [7, 11) is 0. The first-order chi connectivity index (χ1) is 8.37. The summed E-state index contributed by atoms with van der Waals surface area (Å²) >= 11 is 0. The molecule has 0 radical (unpaired) electrons. The van der Waals surface area contributed by atoms with Crippen LogP contribution in [0.3, 0.4) is 0 Å². The van der Waals surface area contributed by atoms with Crippen LogP contribution >= 0.6 is 0 Å². The molecule has 98 valence electrons. The van der Waals surface area contributed by atoms with E-state index in [2.05, 4.69) is 0 Å². The molecule has 0 bridgehead atoms. The van der Waals surface area contributed by atoms with Gasteiger partial charge in [-0.2, -0.15) is 0 Å². The van der Waals surface area contributed by atoms with Gasteiger partial charge in [-0.05, 0) is 24.1 Å². The molecule has 2 atom stereocenters. The summed E-state index contributed by atoms with van der Waals surface area (Å²) in [4.78, 5) is 11.9. The first-order valence-corrected chi connectivity index (χ1v) is 5.81. The first-order valence-electron chi connectivity index (χ1n) is 5.81. The molecule has 0 saturated carbocycles. The van der Waals surface area contributed by atoms with Crippen LogP contribution in [0.4, 0.5) is 0 Å². The van der Waals surface area contributed by atoms with E-state index in [-0.39, 0.29) is 11.7 Å². The van der Waals surface area contributed by atoms with Crippen molar-refractivity contribution in [2.75, 3.05) is 0 Å². The lowest BCUT2D eigenvalue weighted by Gasteiger charge is -2.38. The number of hydrogen-bond donors (Lipinski definition) is 2. The number of nitrogens with two attached hydrogens (primary N) is 1. The Bertz CT molecular complexity index is 441. The van der Waals surface area contributed by atoms with E-state index in [1.807, 2.05) is 0 Å². The van der Waals surface area contributed by atoms with Gasteiger partial charge in [0, 0.05) is 13.8 Å². The lowest BCUT2D eigenvalue weighted by Crippen LogP contribution is -2.53. The number of aromatic hydroxyl groups is 1. The van der Waals surface area contributed by atoms with Crippen LogP contribution in [0.1, 0.15) is 19.4 Å². The number of hydrogen-bond acceptors (Lipinski definition) is 5. The SMILES string of the molecule is CC1(C)OC(=O)C(Cc2ccc(O)cc2)C(N)O1. The van der Waals surface area contributed by atoms with Crippen LogP contribution in [0.2, 0.25) is 0 Å². The van der Waals surface area contributed by atoms with E-state index in [0.29, 0.717) is 6.42 Å². The molecule has 0 aromatic heterocycles. The lowest BCUT2D eigenvalue weighted by molar-refractivity contribution is -0.270. The molecule has 1 aromatic carbocycles. The number of rotatable bonds is 2. The fourth-order valence-corrected chi connectivity index (χ4v) is 1.97. The zero-order chi connectivity index (χ0) is 13.3. The van der Waals surface area contributed by atoms with Gasteiger partial charge in [0.2, 0.25) is 5.79 Å².